The maximum absolute atomic E-state index is 5.73. The molecule has 0 fully saturated rings. The molecule has 0 aliphatic heterocycles. The minimum atomic E-state index is 0.376. The van der Waals surface area contributed by atoms with E-state index in [1.807, 2.05) is 12.1 Å². The zero-order valence-corrected chi connectivity index (χ0v) is 10.4. The molecule has 0 aliphatic carbocycles. The lowest BCUT2D eigenvalue weighted by Crippen LogP contribution is -2.02. The number of ether oxygens (including phenoxy) is 2. The Bertz CT molecular complexity index is 504. The Morgan fingerprint density at radius 2 is 1.78 bits per heavy atom. The van der Waals surface area contributed by atoms with E-state index in [2.05, 4.69) is 9.97 Å². The van der Waals surface area contributed by atoms with Gasteiger partial charge in [0.1, 0.15) is 6.33 Å². The van der Waals surface area contributed by atoms with Gasteiger partial charge in [0.25, 0.3) is 0 Å². The largest absolute Gasteiger partial charge is 0.493 e. The highest BCUT2D eigenvalue weighted by Crippen LogP contribution is 2.35. The van der Waals surface area contributed by atoms with E-state index in [4.69, 9.17) is 15.2 Å². The molecule has 5 nitrogen and oxygen atoms in total. The SMILES string of the molecule is COc1cc(-c2cncnc2)cc(CN)c1OC. The van der Waals surface area contributed by atoms with Crippen LogP contribution in [-0.2, 0) is 6.54 Å². The lowest BCUT2D eigenvalue weighted by atomic mass is 10.0. The van der Waals surface area contributed by atoms with Gasteiger partial charge in [-0.3, -0.25) is 0 Å². The number of rotatable bonds is 4. The van der Waals surface area contributed by atoms with Crippen LogP contribution in [0.3, 0.4) is 0 Å². The van der Waals surface area contributed by atoms with E-state index in [1.165, 1.54) is 6.33 Å². The van der Waals surface area contributed by atoms with Crippen molar-refractivity contribution in [2.24, 2.45) is 5.73 Å². The van der Waals surface area contributed by atoms with E-state index >= 15 is 0 Å². The van der Waals surface area contributed by atoms with Crippen LogP contribution in [0.15, 0.2) is 30.9 Å². The molecule has 94 valence electrons. The Morgan fingerprint density at radius 1 is 1.06 bits per heavy atom. The summed E-state index contributed by atoms with van der Waals surface area (Å²) < 4.78 is 10.6. The molecule has 5 heteroatoms. The first-order valence-corrected chi connectivity index (χ1v) is 5.50. The number of hydrogen-bond acceptors (Lipinski definition) is 5. The summed E-state index contributed by atoms with van der Waals surface area (Å²) in [4.78, 5) is 8.00. The van der Waals surface area contributed by atoms with Crippen molar-refractivity contribution in [3.05, 3.63) is 36.4 Å². The van der Waals surface area contributed by atoms with Crippen LogP contribution >= 0.6 is 0 Å². The summed E-state index contributed by atoms with van der Waals surface area (Å²) in [5.41, 5.74) is 8.48. The third-order valence-corrected chi connectivity index (χ3v) is 2.67. The number of nitrogens with zero attached hydrogens (tertiary/aromatic N) is 2. The molecule has 0 bridgehead atoms. The average molecular weight is 245 g/mol. The molecule has 0 unspecified atom stereocenters. The Labute approximate surface area is 106 Å². The summed E-state index contributed by atoms with van der Waals surface area (Å²) in [6, 6.07) is 3.84. The van der Waals surface area contributed by atoms with Gasteiger partial charge in [-0.2, -0.15) is 0 Å². The lowest BCUT2D eigenvalue weighted by molar-refractivity contribution is 0.352. The fourth-order valence-corrected chi connectivity index (χ4v) is 1.81. The molecule has 0 amide bonds. The second-order valence-corrected chi connectivity index (χ2v) is 3.70. The maximum atomic E-state index is 5.73. The van der Waals surface area contributed by atoms with Gasteiger partial charge in [-0.15, -0.1) is 0 Å². The van der Waals surface area contributed by atoms with Gasteiger partial charge in [0, 0.05) is 30.1 Å². The van der Waals surface area contributed by atoms with Crippen molar-refractivity contribution < 1.29 is 9.47 Å². The van der Waals surface area contributed by atoms with Crippen LogP contribution in [0.4, 0.5) is 0 Å². The van der Waals surface area contributed by atoms with Gasteiger partial charge in [-0.1, -0.05) is 0 Å². The Hall–Kier alpha value is -2.14. The van der Waals surface area contributed by atoms with Crippen molar-refractivity contribution >= 4 is 0 Å². The molecule has 2 N–H and O–H groups in total. The zero-order valence-electron chi connectivity index (χ0n) is 10.4. The van der Waals surface area contributed by atoms with Gasteiger partial charge in [0.15, 0.2) is 11.5 Å². The first-order valence-electron chi connectivity index (χ1n) is 5.50. The van der Waals surface area contributed by atoms with Crippen molar-refractivity contribution in [2.75, 3.05) is 14.2 Å². The molecular formula is C13H15N3O2. The Kier molecular flexibility index (Phi) is 3.74. The standard InChI is InChI=1S/C13H15N3O2/c1-17-12-4-9(11-6-15-8-16-7-11)3-10(5-14)13(12)18-2/h3-4,6-8H,5,14H2,1-2H3. The highest BCUT2D eigenvalue weighted by molar-refractivity contribution is 5.68. The molecule has 0 radical (unpaired) electrons. The van der Waals surface area contributed by atoms with Crippen LogP contribution in [0.2, 0.25) is 0 Å². The summed E-state index contributed by atoms with van der Waals surface area (Å²) in [6.45, 7) is 0.376. The third kappa shape index (κ3) is 2.26. The molecule has 0 aliphatic rings. The predicted octanol–water partition coefficient (Wildman–Crippen LogP) is 1.62. The topological polar surface area (TPSA) is 70.3 Å². The smallest absolute Gasteiger partial charge is 0.165 e. The minimum absolute atomic E-state index is 0.376. The van der Waals surface area contributed by atoms with Gasteiger partial charge in [-0.05, 0) is 17.7 Å². The number of nitrogens with two attached hydrogens (primary N) is 1. The van der Waals surface area contributed by atoms with Crippen LogP contribution in [0, 0.1) is 0 Å². The molecule has 1 heterocycles. The van der Waals surface area contributed by atoms with Gasteiger partial charge >= 0.3 is 0 Å². The van der Waals surface area contributed by atoms with Gasteiger partial charge in [-0.25, -0.2) is 9.97 Å². The molecule has 0 saturated carbocycles. The van der Waals surface area contributed by atoms with E-state index in [1.54, 1.807) is 26.6 Å². The summed E-state index contributed by atoms with van der Waals surface area (Å²) in [5.74, 6) is 1.32. The quantitative estimate of drug-likeness (QED) is 0.886. The molecular weight excluding hydrogens is 230 g/mol. The monoisotopic (exact) mass is 245 g/mol. The van der Waals surface area contributed by atoms with Crippen LogP contribution in [-0.4, -0.2) is 24.2 Å². The lowest BCUT2D eigenvalue weighted by Gasteiger charge is -2.14. The van der Waals surface area contributed by atoms with Gasteiger partial charge < -0.3 is 15.2 Å². The molecule has 0 spiro atoms. The highest BCUT2D eigenvalue weighted by Gasteiger charge is 2.12. The second kappa shape index (κ2) is 5.46. The Balaban J connectivity index is 2.57. The minimum Gasteiger partial charge on any atom is -0.493 e. The summed E-state index contributed by atoms with van der Waals surface area (Å²) in [5, 5.41) is 0. The number of benzene rings is 1. The first-order chi connectivity index (χ1) is 8.80. The number of hydrogen-bond donors (Lipinski definition) is 1. The maximum Gasteiger partial charge on any atom is 0.165 e. The van der Waals surface area contributed by atoms with Crippen molar-refractivity contribution in [1.29, 1.82) is 0 Å². The van der Waals surface area contributed by atoms with Crippen molar-refractivity contribution in [3.63, 3.8) is 0 Å². The van der Waals surface area contributed by atoms with E-state index < -0.39 is 0 Å². The molecule has 2 rings (SSSR count). The molecule has 0 saturated heterocycles. The van der Waals surface area contributed by atoms with E-state index in [0.29, 0.717) is 18.0 Å². The fraction of sp³-hybridized carbons (Fsp3) is 0.231. The first kappa shape index (κ1) is 12.3. The molecule has 1 aromatic heterocycles. The Morgan fingerprint density at radius 3 is 2.33 bits per heavy atom. The van der Waals surface area contributed by atoms with Crippen molar-refractivity contribution in [2.45, 2.75) is 6.54 Å². The normalized spacial score (nSPS) is 10.2. The van der Waals surface area contributed by atoms with Crippen LogP contribution in [0.1, 0.15) is 5.56 Å². The van der Waals surface area contributed by atoms with E-state index in [0.717, 1.165) is 16.7 Å². The molecule has 2 aromatic rings. The zero-order chi connectivity index (χ0) is 13.0. The van der Waals surface area contributed by atoms with Crippen molar-refractivity contribution in [1.82, 2.24) is 9.97 Å². The molecule has 1 aromatic carbocycles. The number of methoxy groups -OCH3 is 2. The summed E-state index contributed by atoms with van der Waals surface area (Å²) >= 11 is 0. The number of aromatic nitrogens is 2. The van der Waals surface area contributed by atoms with E-state index in [-0.39, 0.29) is 0 Å². The second-order valence-electron chi connectivity index (χ2n) is 3.70. The van der Waals surface area contributed by atoms with Gasteiger partial charge in [0.2, 0.25) is 0 Å². The molecule has 0 atom stereocenters. The molecule has 18 heavy (non-hydrogen) atoms. The summed E-state index contributed by atoms with van der Waals surface area (Å²) in [6.07, 6.45) is 4.98. The average Bonchev–Trinajstić information content (AvgIpc) is 2.46. The highest BCUT2D eigenvalue weighted by atomic mass is 16.5. The van der Waals surface area contributed by atoms with Gasteiger partial charge in [0.05, 0.1) is 14.2 Å². The van der Waals surface area contributed by atoms with Crippen LogP contribution < -0.4 is 15.2 Å². The third-order valence-electron chi connectivity index (χ3n) is 2.67. The summed E-state index contributed by atoms with van der Waals surface area (Å²) in [7, 11) is 3.20. The van der Waals surface area contributed by atoms with E-state index in [9.17, 15) is 0 Å². The van der Waals surface area contributed by atoms with Crippen LogP contribution in [0.5, 0.6) is 11.5 Å². The fourth-order valence-electron chi connectivity index (χ4n) is 1.81. The van der Waals surface area contributed by atoms with Crippen LogP contribution in [0.25, 0.3) is 11.1 Å². The predicted molar refractivity (Wildman–Crippen MR) is 68.5 cm³/mol. The van der Waals surface area contributed by atoms with Crippen molar-refractivity contribution in [3.8, 4) is 22.6 Å².